The first-order valence-electron chi connectivity index (χ1n) is 32.1. The second kappa shape index (κ2) is 38.4. The average Bonchev–Trinajstić information content (AvgIpc) is 0.796. The zero-order valence-corrected chi connectivity index (χ0v) is 64.0. The molecule has 0 aliphatic heterocycles. The normalized spacial score (nSPS) is 10.8. The molecule has 105 heavy (non-hydrogen) atoms. The molecule has 0 fully saturated rings. The van der Waals surface area contributed by atoms with E-state index in [-0.39, 0.29) is 37.1 Å². The summed E-state index contributed by atoms with van der Waals surface area (Å²) in [6.07, 6.45) is -2.44. The van der Waals surface area contributed by atoms with Crippen molar-refractivity contribution in [1.29, 1.82) is 0 Å². The van der Waals surface area contributed by atoms with Crippen LogP contribution >= 0.6 is 63.7 Å². The van der Waals surface area contributed by atoms with Gasteiger partial charge in [-0.1, -0.05) is 101 Å². The van der Waals surface area contributed by atoms with Gasteiger partial charge >= 0.3 is 24.4 Å². The number of anilines is 16. The molecule has 10 rings (SSSR count). The fourth-order valence-corrected chi connectivity index (χ4v) is 10.8. The molecular formula is C85H100Br4N8O8. The van der Waals surface area contributed by atoms with E-state index in [0.717, 1.165) is 63.4 Å². The van der Waals surface area contributed by atoms with Crippen LogP contribution in [0.5, 0.6) is 0 Å². The fourth-order valence-electron chi connectivity index (χ4n) is 9.75. The molecule has 0 aliphatic carbocycles. The summed E-state index contributed by atoms with van der Waals surface area (Å²) in [5.41, 5.74) is 9.09. The third-order valence-electron chi connectivity index (χ3n) is 14.1. The van der Waals surface area contributed by atoms with E-state index in [1.165, 1.54) is 19.6 Å². The number of amides is 4. The molecule has 0 atom stereocenters. The maximum atomic E-state index is 14.0. The van der Waals surface area contributed by atoms with Crippen LogP contribution in [0.2, 0.25) is 0 Å². The van der Waals surface area contributed by atoms with Crippen LogP contribution in [-0.2, 0) is 18.9 Å². The SMILES string of the molecule is Brc1ccc(Nc2ccc(Nc3ccc(Nc4ccc(Nc5ccc(Br)cc5)cc4)cc3)cc2)cc1.C.C.C.C.C.CC(C)(C)OC(=O)N(c1ccc(Br)cc1)c1ccc(N(C(=O)OC(C)(C)C)c2ccc(N(C(=O)OC(C)(C)C)c3ccc(N(C(=O)OC(C)(C)C)c4ccc(Br)cc4)cc3)cc2)cc1. The monoisotopic (exact) mass is 1680 g/mol. The highest BCUT2D eigenvalue weighted by Crippen LogP contribution is 2.39. The highest BCUT2D eigenvalue weighted by atomic mass is 79.9. The summed E-state index contributed by atoms with van der Waals surface area (Å²) in [5.74, 6) is 0. The molecule has 20 heteroatoms. The molecule has 16 nitrogen and oxygen atoms in total. The van der Waals surface area contributed by atoms with E-state index < -0.39 is 46.8 Å². The molecule has 0 bridgehead atoms. The van der Waals surface area contributed by atoms with Crippen molar-refractivity contribution >= 4 is 179 Å². The smallest absolute Gasteiger partial charge is 0.419 e. The molecule has 0 spiro atoms. The molecule has 0 radical (unpaired) electrons. The van der Waals surface area contributed by atoms with Gasteiger partial charge in [0, 0.05) is 63.4 Å². The first-order chi connectivity index (χ1) is 47.3. The Bertz CT molecular complexity index is 4090. The second-order valence-corrected chi connectivity index (χ2v) is 30.7. The van der Waals surface area contributed by atoms with Gasteiger partial charge in [0.1, 0.15) is 22.4 Å². The van der Waals surface area contributed by atoms with Crippen LogP contribution in [0.3, 0.4) is 0 Å². The van der Waals surface area contributed by atoms with Crippen LogP contribution in [0.1, 0.15) is 120 Å². The number of nitrogens with one attached hydrogen (secondary N) is 4. The zero-order valence-electron chi connectivity index (χ0n) is 57.7. The molecule has 0 aliphatic rings. The van der Waals surface area contributed by atoms with Crippen LogP contribution in [0.25, 0.3) is 0 Å². The zero-order chi connectivity index (χ0) is 72.1. The topological polar surface area (TPSA) is 166 Å². The predicted molar refractivity (Wildman–Crippen MR) is 455 cm³/mol. The summed E-state index contributed by atoms with van der Waals surface area (Å²) >= 11 is 13.9. The van der Waals surface area contributed by atoms with Crippen LogP contribution in [0.15, 0.2) is 261 Å². The highest BCUT2D eigenvalue weighted by Gasteiger charge is 2.31. The Morgan fingerprint density at radius 2 is 0.324 bits per heavy atom. The summed E-state index contributed by atoms with van der Waals surface area (Å²) in [6.45, 7) is 21.5. The number of hydrogen-bond acceptors (Lipinski definition) is 12. The molecule has 0 heterocycles. The molecule has 0 unspecified atom stereocenters. The molecule has 0 aromatic heterocycles. The Morgan fingerprint density at radius 3 is 0.448 bits per heavy atom. The lowest BCUT2D eigenvalue weighted by atomic mass is 10.1. The van der Waals surface area contributed by atoms with E-state index in [4.69, 9.17) is 18.9 Å². The highest BCUT2D eigenvalue weighted by molar-refractivity contribution is 9.11. The average molecular weight is 1680 g/mol. The van der Waals surface area contributed by atoms with E-state index in [9.17, 15) is 19.2 Å². The molecular weight excluding hydrogens is 1580 g/mol. The Kier molecular flexibility index (Phi) is 32.1. The summed E-state index contributed by atoms with van der Waals surface area (Å²) in [7, 11) is 0. The number of halogens is 4. The van der Waals surface area contributed by atoms with Gasteiger partial charge in [-0.15, -0.1) is 0 Å². The van der Waals surface area contributed by atoms with Crippen molar-refractivity contribution < 1.29 is 38.1 Å². The molecule has 4 amide bonds. The minimum absolute atomic E-state index is 0. The van der Waals surface area contributed by atoms with Crippen LogP contribution in [-0.4, -0.2) is 46.8 Å². The fraction of sp³-hybridized carbons (Fsp3) is 0.247. The van der Waals surface area contributed by atoms with Gasteiger partial charge in [-0.25, -0.2) is 38.8 Å². The Morgan fingerprint density at radius 1 is 0.219 bits per heavy atom. The largest absolute Gasteiger partial charge is 0.443 e. The third kappa shape index (κ3) is 26.5. The van der Waals surface area contributed by atoms with Crippen molar-refractivity contribution in [2.75, 3.05) is 40.9 Å². The van der Waals surface area contributed by atoms with Gasteiger partial charge < -0.3 is 40.2 Å². The van der Waals surface area contributed by atoms with Gasteiger partial charge in [0.05, 0.1) is 45.5 Å². The lowest BCUT2D eigenvalue weighted by Crippen LogP contribution is -2.35. The molecule has 4 N–H and O–H groups in total. The summed E-state index contributed by atoms with van der Waals surface area (Å²) < 4.78 is 27.2. The summed E-state index contributed by atoms with van der Waals surface area (Å²) in [5, 5.41) is 13.7. The van der Waals surface area contributed by atoms with Crippen molar-refractivity contribution in [2.45, 2.75) is 143 Å². The van der Waals surface area contributed by atoms with E-state index in [2.05, 4.69) is 158 Å². The third-order valence-corrected chi connectivity index (χ3v) is 16.2. The molecule has 10 aromatic rings. The quantitative estimate of drug-likeness (QED) is 0.0678. The molecule has 556 valence electrons. The van der Waals surface area contributed by atoms with E-state index >= 15 is 0 Å². The minimum atomic E-state index is -0.833. The lowest BCUT2D eigenvalue weighted by molar-refractivity contribution is 0.0586. The van der Waals surface area contributed by atoms with Crippen molar-refractivity contribution in [3.8, 4) is 0 Å². The number of carbonyl (C=O) groups is 4. The van der Waals surface area contributed by atoms with Crippen molar-refractivity contribution in [3.63, 3.8) is 0 Å². The van der Waals surface area contributed by atoms with E-state index in [1.807, 2.05) is 72.8 Å². The van der Waals surface area contributed by atoms with Crippen LogP contribution in [0, 0.1) is 0 Å². The second-order valence-electron chi connectivity index (χ2n) is 27.0. The number of ether oxygens (including phenoxy) is 4. The maximum Gasteiger partial charge on any atom is 0.419 e. The molecule has 0 saturated carbocycles. The number of rotatable bonds is 16. The standard InChI is InChI=1S/C50H56Br2N4O8.C30H24Br2N4.5CH4/c1-47(2,3)61-43(57)53(35-17-13-33(51)14-18-35)37-21-25-39(26-22-37)55(45(59)63-49(7,8)9)41-29-31-42(32-30-41)56(46(60)64-50(10,11)12)40-27-23-38(24-28-40)54(44(58)62-48(4,5)6)36-19-15-34(52)16-20-36;31-21-1-5-23(6-2-21)33-25-9-13-27(14-10-25)35-29-17-19-30(20-18-29)36-28-15-11-26(12-16-28)34-24-7-3-22(32)4-8-24;;;;;/h13-32H,1-12H3;1-20,33-36H;5*1H4. The van der Waals surface area contributed by atoms with Gasteiger partial charge in [-0.2, -0.15) is 0 Å². The number of benzene rings is 10. The minimum Gasteiger partial charge on any atom is -0.443 e. The Labute approximate surface area is 656 Å². The Balaban J connectivity index is 0.000000483. The van der Waals surface area contributed by atoms with Gasteiger partial charge in [0.15, 0.2) is 0 Å². The Hall–Kier alpha value is -9.60. The number of hydrogen-bond donors (Lipinski definition) is 4. The number of nitrogens with zero attached hydrogens (tertiary/aromatic N) is 4. The van der Waals surface area contributed by atoms with E-state index in [1.54, 1.807) is 180 Å². The van der Waals surface area contributed by atoms with Crippen LogP contribution in [0.4, 0.5) is 110 Å². The van der Waals surface area contributed by atoms with Crippen LogP contribution < -0.4 is 40.9 Å². The molecule has 10 aromatic carbocycles. The van der Waals surface area contributed by atoms with Crippen molar-refractivity contribution in [2.24, 2.45) is 0 Å². The first kappa shape index (κ1) is 87.8. The summed E-state index contributed by atoms with van der Waals surface area (Å²) in [4.78, 5) is 61.0. The predicted octanol–water partition coefficient (Wildman–Crippen LogP) is 28.9. The summed E-state index contributed by atoms with van der Waals surface area (Å²) in [6, 6.07) is 76.1. The molecule has 0 saturated heterocycles. The van der Waals surface area contributed by atoms with E-state index in [0.29, 0.717) is 45.5 Å². The van der Waals surface area contributed by atoms with Gasteiger partial charge in [0.25, 0.3) is 0 Å². The van der Waals surface area contributed by atoms with Gasteiger partial charge in [0.2, 0.25) is 0 Å². The number of carbonyl (C=O) groups excluding carboxylic acids is 4. The maximum absolute atomic E-state index is 14.0. The van der Waals surface area contributed by atoms with Crippen molar-refractivity contribution in [1.82, 2.24) is 0 Å². The lowest BCUT2D eigenvalue weighted by Gasteiger charge is -2.30. The van der Waals surface area contributed by atoms with Crippen molar-refractivity contribution in [3.05, 3.63) is 261 Å². The first-order valence-corrected chi connectivity index (χ1v) is 35.3. The van der Waals surface area contributed by atoms with Gasteiger partial charge in [-0.05, 0) is 326 Å². The van der Waals surface area contributed by atoms with Gasteiger partial charge in [-0.3, -0.25) is 0 Å².